The molecule has 0 aromatic heterocycles. The second-order valence-corrected chi connectivity index (χ2v) is 9.34. The SMILES string of the molecule is CC1(C)OB(c2ccc(CN)cc2B2OC(C)(C)C(C)(C)O2)OC1(C)C. The summed E-state index contributed by atoms with van der Waals surface area (Å²) >= 11 is 0. The lowest BCUT2D eigenvalue weighted by atomic mass is 9.64. The zero-order valence-electron chi connectivity index (χ0n) is 17.3. The third-order valence-electron chi connectivity index (χ3n) is 6.40. The smallest absolute Gasteiger partial charge is 0.399 e. The van der Waals surface area contributed by atoms with E-state index in [0.29, 0.717) is 6.54 Å². The molecule has 142 valence electrons. The predicted octanol–water partition coefficient (Wildman–Crippen LogP) is 1.74. The fourth-order valence-electron chi connectivity index (χ4n) is 3.11. The van der Waals surface area contributed by atoms with Gasteiger partial charge in [0, 0.05) is 6.54 Å². The molecule has 1 aromatic rings. The van der Waals surface area contributed by atoms with Crippen LogP contribution in [-0.2, 0) is 25.2 Å². The first-order valence-corrected chi connectivity index (χ1v) is 9.34. The molecule has 0 radical (unpaired) electrons. The molecule has 0 bridgehead atoms. The van der Waals surface area contributed by atoms with Crippen LogP contribution in [0.25, 0.3) is 0 Å². The van der Waals surface area contributed by atoms with E-state index < -0.39 is 36.6 Å². The molecule has 0 spiro atoms. The zero-order valence-corrected chi connectivity index (χ0v) is 17.3. The Labute approximate surface area is 158 Å². The average Bonchev–Trinajstić information content (AvgIpc) is 2.86. The van der Waals surface area contributed by atoms with Crippen molar-refractivity contribution in [2.24, 2.45) is 5.73 Å². The highest BCUT2D eigenvalue weighted by Crippen LogP contribution is 2.38. The van der Waals surface area contributed by atoms with Crippen molar-refractivity contribution < 1.29 is 18.6 Å². The maximum absolute atomic E-state index is 6.28. The van der Waals surface area contributed by atoms with Gasteiger partial charge in [0.25, 0.3) is 0 Å². The van der Waals surface area contributed by atoms with Crippen molar-refractivity contribution in [1.29, 1.82) is 0 Å². The molecular weight excluding hydrogens is 328 g/mol. The lowest BCUT2D eigenvalue weighted by Crippen LogP contribution is -2.52. The maximum Gasteiger partial charge on any atom is 0.494 e. The fourth-order valence-corrected chi connectivity index (χ4v) is 3.11. The largest absolute Gasteiger partial charge is 0.494 e. The summed E-state index contributed by atoms with van der Waals surface area (Å²) in [6.07, 6.45) is 0. The van der Waals surface area contributed by atoms with Gasteiger partial charge in [0.2, 0.25) is 0 Å². The average molecular weight is 359 g/mol. The standard InChI is InChI=1S/C19H31B2NO4/c1-16(2)17(3,4)24-20(23-16)14-10-9-13(12-22)11-15(14)21-25-18(5,6)19(7,8)26-21/h9-11H,12,22H2,1-8H3. The van der Waals surface area contributed by atoms with Crippen LogP contribution in [0.1, 0.15) is 61.0 Å². The maximum atomic E-state index is 6.28. The molecule has 7 heteroatoms. The van der Waals surface area contributed by atoms with Crippen LogP contribution in [0.15, 0.2) is 18.2 Å². The van der Waals surface area contributed by atoms with Crippen LogP contribution < -0.4 is 16.7 Å². The van der Waals surface area contributed by atoms with E-state index in [1.54, 1.807) is 0 Å². The van der Waals surface area contributed by atoms with Gasteiger partial charge in [-0.05, 0) is 71.9 Å². The Bertz CT molecular complexity index is 671. The van der Waals surface area contributed by atoms with E-state index in [1.807, 2.05) is 45.9 Å². The van der Waals surface area contributed by atoms with Crippen molar-refractivity contribution in [3.8, 4) is 0 Å². The molecule has 2 aliphatic rings. The van der Waals surface area contributed by atoms with Crippen LogP contribution in [0.2, 0.25) is 0 Å². The van der Waals surface area contributed by atoms with Crippen LogP contribution in [0.4, 0.5) is 0 Å². The van der Waals surface area contributed by atoms with Crippen molar-refractivity contribution in [3.63, 3.8) is 0 Å². The Morgan fingerprint density at radius 1 is 0.692 bits per heavy atom. The zero-order chi connectivity index (χ0) is 19.5. The molecule has 5 nitrogen and oxygen atoms in total. The van der Waals surface area contributed by atoms with Crippen LogP contribution in [0, 0.1) is 0 Å². The minimum Gasteiger partial charge on any atom is -0.399 e. The summed E-state index contributed by atoms with van der Waals surface area (Å²) < 4.78 is 25.1. The summed E-state index contributed by atoms with van der Waals surface area (Å²) in [6, 6.07) is 6.07. The third-order valence-corrected chi connectivity index (χ3v) is 6.40. The number of nitrogens with two attached hydrogens (primary N) is 1. The molecule has 2 heterocycles. The molecule has 0 aliphatic carbocycles. The number of benzene rings is 1. The number of rotatable bonds is 3. The highest BCUT2D eigenvalue weighted by atomic mass is 16.7. The van der Waals surface area contributed by atoms with Gasteiger partial charge in [-0.15, -0.1) is 0 Å². The highest BCUT2D eigenvalue weighted by molar-refractivity contribution is 6.74. The van der Waals surface area contributed by atoms with Gasteiger partial charge in [-0.25, -0.2) is 0 Å². The Morgan fingerprint density at radius 2 is 1.08 bits per heavy atom. The van der Waals surface area contributed by atoms with Gasteiger partial charge < -0.3 is 24.4 Å². The molecule has 1 aromatic carbocycles. The van der Waals surface area contributed by atoms with Gasteiger partial charge in [0.15, 0.2) is 0 Å². The van der Waals surface area contributed by atoms with Gasteiger partial charge >= 0.3 is 14.2 Å². The first-order chi connectivity index (χ1) is 11.8. The third kappa shape index (κ3) is 3.14. The van der Waals surface area contributed by atoms with Crippen LogP contribution in [-0.4, -0.2) is 36.6 Å². The Hall–Kier alpha value is -0.850. The van der Waals surface area contributed by atoms with Gasteiger partial charge in [0.1, 0.15) is 0 Å². The van der Waals surface area contributed by atoms with Crippen molar-refractivity contribution in [2.75, 3.05) is 0 Å². The van der Waals surface area contributed by atoms with Crippen LogP contribution >= 0.6 is 0 Å². The van der Waals surface area contributed by atoms with Crippen molar-refractivity contribution >= 4 is 25.2 Å². The molecule has 3 rings (SSSR count). The molecule has 2 fully saturated rings. The Morgan fingerprint density at radius 3 is 1.46 bits per heavy atom. The molecule has 0 amide bonds. The van der Waals surface area contributed by atoms with E-state index >= 15 is 0 Å². The fraction of sp³-hybridized carbons (Fsp3) is 0.684. The van der Waals surface area contributed by atoms with E-state index in [0.717, 1.165) is 16.5 Å². The first kappa shape index (κ1) is 19.9. The van der Waals surface area contributed by atoms with Crippen molar-refractivity contribution in [2.45, 2.75) is 84.3 Å². The Balaban J connectivity index is 2.01. The van der Waals surface area contributed by atoms with Gasteiger partial charge in [-0.1, -0.05) is 18.2 Å². The minimum absolute atomic E-state index is 0.405. The van der Waals surface area contributed by atoms with Crippen LogP contribution in [0.5, 0.6) is 0 Å². The van der Waals surface area contributed by atoms with Crippen LogP contribution in [0.3, 0.4) is 0 Å². The lowest BCUT2D eigenvalue weighted by Gasteiger charge is -2.32. The van der Waals surface area contributed by atoms with E-state index in [-0.39, 0.29) is 0 Å². The molecule has 0 atom stereocenters. The molecule has 2 aliphatic heterocycles. The molecule has 2 saturated heterocycles. The normalized spacial score (nSPS) is 25.7. The summed E-state index contributed by atoms with van der Waals surface area (Å²) in [7, 11) is -0.957. The number of hydrogen-bond donors (Lipinski definition) is 1. The summed E-state index contributed by atoms with van der Waals surface area (Å²) in [5, 5.41) is 0. The van der Waals surface area contributed by atoms with Crippen molar-refractivity contribution in [1.82, 2.24) is 0 Å². The van der Waals surface area contributed by atoms with Gasteiger partial charge in [-0.2, -0.15) is 0 Å². The van der Waals surface area contributed by atoms with E-state index in [2.05, 4.69) is 27.7 Å². The summed E-state index contributed by atoms with van der Waals surface area (Å²) in [5.41, 5.74) is 7.11. The molecule has 0 unspecified atom stereocenters. The Kier molecular flexibility index (Phi) is 4.65. The monoisotopic (exact) mass is 359 g/mol. The van der Waals surface area contributed by atoms with Crippen molar-refractivity contribution in [3.05, 3.63) is 23.8 Å². The minimum atomic E-state index is -0.486. The summed E-state index contributed by atoms with van der Waals surface area (Å²) in [6.45, 7) is 16.9. The number of hydrogen-bond acceptors (Lipinski definition) is 5. The van der Waals surface area contributed by atoms with E-state index in [4.69, 9.17) is 24.4 Å². The lowest BCUT2D eigenvalue weighted by molar-refractivity contribution is 0.00578. The first-order valence-electron chi connectivity index (χ1n) is 9.34. The molecule has 26 heavy (non-hydrogen) atoms. The molecule has 0 saturated carbocycles. The van der Waals surface area contributed by atoms with Gasteiger partial charge in [0.05, 0.1) is 22.4 Å². The van der Waals surface area contributed by atoms with Gasteiger partial charge in [-0.3, -0.25) is 0 Å². The van der Waals surface area contributed by atoms with E-state index in [9.17, 15) is 0 Å². The summed E-state index contributed by atoms with van der Waals surface area (Å²) in [4.78, 5) is 0. The highest BCUT2D eigenvalue weighted by Gasteiger charge is 2.56. The molecule has 2 N–H and O–H groups in total. The summed E-state index contributed by atoms with van der Waals surface area (Å²) in [5.74, 6) is 0. The topological polar surface area (TPSA) is 62.9 Å². The quantitative estimate of drug-likeness (QED) is 0.834. The second kappa shape index (κ2) is 6.08. The molecular formula is C19H31B2NO4. The van der Waals surface area contributed by atoms with E-state index in [1.165, 1.54) is 0 Å². The second-order valence-electron chi connectivity index (χ2n) is 9.34. The predicted molar refractivity (Wildman–Crippen MR) is 106 cm³/mol.